The Morgan fingerprint density at radius 3 is 2.65 bits per heavy atom. The van der Waals surface area contributed by atoms with Gasteiger partial charge in [-0.25, -0.2) is 5.84 Å². The molecule has 0 unspecified atom stereocenters. The second kappa shape index (κ2) is 7.01. The molecule has 7 nitrogen and oxygen atoms in total. The topological polar surface area (TPSA) is 98.0 Å². The lowest BCUT2D eigenvalue weighted by atomic mass is 10.2. The fraction of sp³-hybridized carbons (Fsp3) is 0.250. The minimum absolute atomic E-state index is 0.227. The molecule has 0 aliphatic carbocycles. The molecule has 2 rings (SSSR count). The summed E-state index contributed by atoms with van der Waals surface area (Å²) in [5.41, 5.74) is 3.48. The van der Waals surface area contributed by atoms with Crippen LogP contribution in [-0.4, -0.2) is 21.6 Å². The number of nitrogens with two attached hydrogens (primary N) is 1. The molecule has 0 saturated carbocycles. The summed E-state index contributed by atoms with van der Waals surface area (Å²) < 4.78 is 6.28. The van der Waals surface area contributed by atoms with E-state index >= 15 is 0 Å². The Morgan fingerprint density at radius 2 is 1.95 bits per heavy atom. The predicted octanol–water partition coefficient (Wildman–Crippen LogP) is 1.93. The molecule has 1 aromatic carbocycles. The lowest BCUT2D eigenvalue weighted by molar-refractivity contribution is 0.312. The van der Waals surface area contributed by atoms with Crippen LogP contribution in [0.1, 0.15) is 12.5 Å². The first-order valence-corrected chi connectivity index (χ1v) is 6.85. The van der Waals surface area contributed by atoms with Crippen molar-refractivity contribution < 1.29 is 4.74 Å². The van der Waals surface area contributed by atoms with E-state index in [1.807, 2.05) is 31.2 Å². The van der Waals surface area contributed by atoms with Gasteiger partial charge in [-0.05, 0) is 18.6 Å². The summed E-state index contributed by atoms with van der Waals surface area (Å²) in [7, 11) is 0. The number of rotatable bonds is 6. The maximum Gasteiger partial charge on any atom is 0.323 e. The highest BCUT2D eigenvalue weighted by atomic mass is 79.9. The highest BCUT2D eigenvalue weighted by molar-refractivity contribution is 9.10. The van der Waals surface area contributed by atoms with Crippen molar-refractivity contribution in [1.82, 2.24) is 15.0 Å². The van der Waals surface area contributed by atoms with Gasteiger partial charge in [0.1, 0.15) is 0 Å². The average molecular weight is 339 g/mol. The standard InChI is InChI=1S/C12H15BrN6O/c1-2-20-12-17-10(16-11(18-12)19-14)15-7-8-5-3-4-6-9(8)13/h3-6H,2,7,14H2,1H3,(H2,15,16,17,18,19). The number of aromatic nitrogens is 3. The van der Waals surface area contributed by atoms with E-state index in [0.717, 1.165) is 10.0 Å². The first-order chi connectivity index (χ1) is 9.72. The molecule has 0 radical (unpaired) electrons. The maximum absolute atomic E-state index is 5.32. The van der Waals surface area contributed by atoms with E-state index in [4.69, 9.17) is 10.6 Å². The first-order valence-electron chi connectivity index (χ1n) is 6.05. The molecule has 0 amide bonds. The van der Waals surface area contributed by atoms with Gasteiger partial charge in [0.15, 0.2) is 0 Å². The van der Waals surface area contributed by atoms with Crippen molar-refractivity contribution in [3.05, 3.63) is 34.3 Å². The summed E-state index contributed by atoms with van der Waals surface area (Å²) in [5, 5.41) is 3.11. The number of halogens is 1. The fourth-order valence-electron chi connectivity index (χ4n) is 1.51. The number of anilines is 2. The van der Waals surface area contributed by atoms with Crippen LogP contribution in [0.5, 0.6) is 6.01 Å². The molecule has 0 bridgehead atoms. The Labute approximate surface area is 125 Å². The van der Waals surface area contributed by atoms with Gasteiger partial charge in [-0.2, -0.15) is 15.0 Å². The lowest BCUT2D eigenvalue weighted by Gasteiger charge is -2.09. The van der Waals surface area contributed by atoms with Crippen molar-refractivity contribution in [2.45, 2.75) is 13.5 Å². The van der Waals surface area contributed by atoms with Crippen LogP contribution in [0, 0.1) is 0 Å². The number of nitrogens with zero attached hydrogens (tertiary/aromatic N) is 3. The van der Waals surface area contributed by atoms with Gasteiger partial charge in [0, 0.05) is 11.0 Å². The lowest BCUT2D eigenvalue weighted by Crippen LogP contribution is -2.14. The molecule has 0 aliphatic rings. The number of benzene rings is 1. The van der Waals surface area contributed by atoms with Crippen LogP contribution in [0.4, 0.5) is 11.9 Å². The molecule has 20 heavy (non-hydrogen) atoms. The number of nitrogens with one attached hydrogen (secondary N) is 2. The van der Waals surface area contributed by atoms with Crippen LogP contribution in [0.2, 0.25) is 0 Å². The highest BCUT2D eigenvalue weighted by Gasteiger charge is 2.07. The van der Waals surface area contributed by atoms with Gasteiger partial charge in [0.2, 0.25) is 11.9 Å². The van der Waals surface area contributed by atoms with Gasteiger partial charge in [-0.15, -0.1) is 0 Å². The largest absolute Gasteiger partial charge is 0.464 e. The Morgan fingerprint density at radius 1 is 1.20 bits per heavy atom. The SMILES string of the molecule is CCOc1nc(NN)nc(NCc2ccccc2Br)n1. The van der Waals surface area contributed by atoms with Gasteiger partial charge in [0.25, 0.3) is 0 Å². The molecule has 0 fully saturated rings. The Hall–Kier alpha value is -1.93. The molecule has 8 heteroatoms. The predicted molar refractivity (Wildman–Crippen MR) is 80.3 cm³/mol. The quantitative estimate of drug-likeness (QED) is 0.546. The zero-order valence-corrected chi connectivity index (χ0v) is 12.5. The third kappa shape index (κ3) is 3.78. The number of ether oxygens (including phenoxy) is 1. The average Bonchev–Trinajstić information content (AvgIpc) is 2.46. The molecule has 0 aliphatic heterocycles. The minimum atomic E-state index is 0.227. The zero-order chi connectivity index (χ0) is 14.4. The van der Waals surface area contributed by atoms with Crippen molar-refractivity contribution >= 4 is 27.8 Å². The van der Waals surface area contributed by atoms with E-state index in [9.17, 15) is 0 Å². The van der Waals surface area contributed by atoms with Crippen molar-refractivity contribution in [3.8, 4) is 6.01 Å². The van der Waals surface area contributed by atoms with Crippen LogP contribution in [0.3, 0.4) is 0 Å². The van der Waals surface area contributed by atoms with Gasteiger partial charge in [-0.3, -0.25) is 5.43 Å². The first kappa shape index (κ1) is 14.5. The monoisotopic (exact) mass is 338 g/mol. The summed E-state index contributed by atoms with van der Waals surface area (Å²) in [4.78, 5) is 12.2. The summed E-state index contributed by atoms with van der Waals surface area (Å²) in [6, 6.07) is 8.13. The normalized spacial score (nSPS) is 10.2. The van der Waals surface area contributed by atoms with Crippen molar-refractivity contribution in [3.63, 3.8) is 0 Å². The molecule has 1 aromatic heterocycles. The molecule has 106 valence electrons. The molecular formula is C12H15BrN6O. The summed E-state index contributed by atoms with van der Waals surface area (Å²) in [5.74, 6) is 5.97. The molecule has 0 saturated heterocycles. The number of hydrogen-bond acceptors (Lipinski definition) is 7. The van der Waals surface area contributed by atoms with E-state index in [1.165, 1.54) is 0 Å². The van der Waals surface area contributed by atoms with Crippen LogP contribution in [0.25, 0.3) is 0 Å². The molecule has 2 aromatic rings. The van der Waals surface area contributed by atoms with Crippen LogP contribution < -0.4 is 21.3 Å². The van der Waals surface area contributed by atoms with E-state index in [0.29, 0.717) is 19.1 Å². The van der Waals surface area contributed by atoms with Crippen LogP contribution in [0.15, 0.2) is 28.7 Å². The summed E-state index contributed by atoms with van der Waals surface area (Å²) in [6.45, 7) is 2.90. The van der Waals surface area contributed by atoms with Crippen molar-refractivity contribution in [2.75, 3.05) is 17.3 Å². The fourth-order valence-corrected chi connectivity index (χ4v) is 1.93. The third-order valence-electron chi connectivity index (χ3n) is 2.41. The Balaban J connectivity index is 2.12. The highest BCUT2D eigenvalue weighted by Crippen LogP contribution is 2.17. The van der Waals surface area contributed by atoms with Crippen molar-refractivity contribution in [2.24, 2.45) is 5.84 Å². The number of nitrogen functional groups attached to an aromatic ring is 1. The second-order valence-electron chi connectivity index (χ2n) is 3.79. The van der Waals surface area contributed by atoms with E-state index in [2.05, 4.69) is 41.6 Å². The number of hydrazine groups is 1. The summed E-state index contributed by atoms with van der Waals surface area (Å²) >= 11 is 3.49. The van der Waals surface area contributed by atoms with E-state index in [-0.39, 0.29) is 12.0 Å². The maximum atomic E-state index is 5.32. The zero-order valence-electron chi connectivity index (χ0n) is 10.9. The smallest absolute Gasteiger partial charge is 0.323 e. The van der Waals surface area contributed by atoms with Gasteiger partial charge in [0.05, 0.1) is 6.61 Å². The Bertz CT molecular complexity index is 580. The molecular weight excluding hydrogens is 324 g/mol. The molecule has 1 heterocycles. The van der Waals surface area contributed by atoms with Crippen LogP contribution in [-0.2, 0) is 6.54 Å². The molecule has 0 atom stereocenters. The van der Waals surface area contributed by atoms with Gasteiger partial charge < -0.3 is 10.1 Å². The third-order valence-corrected chi connectivity index (χ3v) is 3.19. The van der Waals surface area contributed by atoms with Gasteiger partial charge >= 0.3 is 6.01 Å². The second-order valence-corrected chi connectivity index (χ2v) is 4.64. The minimum Gasteiger partial charge on any atom is -0.464 e. The van der Waals surface area contributed by atoms with E-state index < -0.39 is 0 Å². The number of hydrogen-bond donors (Lipinski definition) is 3. The van der Waals surface area contributed by atoms with Crippen LogP contribution >= 0.6 is 15.9 Å². The molecule has 4 N–H and O–H groups in total. The Kier molecular flexibility index (Phi) is 5.08. The van der Waals surface area contributed by atoms with Crippen molar-refractivity contribution in [1.29, 1.82) is 0 Å². The summed E-state index contributed by atoms with van der Waals surface area (Å²) in [6.07, 6.45) is 0. The van der Waals surface area contributed by atoms with Gasteiger partial charge in [-0.1, -0.05) is 34.1 Å². The van der Waals surface area contributed by atoms with E-state index in [1.54, 1.807) is 0 Å². The molecule has 0 spiro atoms.